The van der Waals surface area contributed by atoms with Gasteiger partial charge in [0.1, 0.15) is 0 Å². The Kier molecular flexibility index (Phi) is 5.81. The van der Waals surface area contributed by atoms with Crippen LogP contribution in [0.25, 0.3) is 0 Å². The van der Waals surface area contributed by atoms with Crippen LogP contribution in [-0.4, -0.2) is 16.1 Å². The van der Waals surface area contributed by atoms with Gasteiger partial charge in [-0.05, 0) is 29.3 Å². The van der Waals surface area contributed by atoms with Gasteiger partial charge in [0, 0.05) is 29.1 Å². The minimum atomic E-state index is 0.0307. The molecule has 0 saturated heterocycles. The quantitative estimate of drug-likeness (QED) is 0.831. The fourth-order valence-corrected chi connectivity index (χ4v) is 2.75. The summed E-state index contributed by atoms with van der Waals surface area (Å²) in [4.78, 5) is 17.2. The van der Waals surface area contributed by atoms with Crippen molar-refractivity contribution in [1.29, 1.82) is 0 Å². The second-order valence-corrected chi connectivity index (χ2v) is 6.78. The first-order valence-electron chi connectivity index (χ1n) is 7.04. The normalized spacial score (nSPS) is 10.6. The summed E-state index contributed by atoms with van der Waals surface area (Å²) in [7, 11) is 0. The number of rotatable bonds is 6. The molecule has 0 fully saturated rings. The first-order valence-corrected chi connectivity index (χ1v) is 7.92. The Labute approximate surface area is 130 Å². The molecule has 1 amide bonds. The third-order valence-corrected chi connectivity index (χ3v) is 3.89. The van der Waals surface area contributed by atoms with Crippen LogP contribution in [0.15, 0.2) is 53.7 Å². The molecule has 2 rings (SSSR count). The lowest BCUT2D eigenvalue weighted by Gasteiger charge is -2.07. The summed E-state index contributed by atoms with van der Waals surface area (Å²) >= 11 is 1.83. The zero-order valence-electron chi connectivity index (χ0n) is 12.4. The summed E-state index contributed by atoms with van der Waals surface area (Å²) in [5, 5.41) is 3.48. The van der Waals surface area contributed by atoms with Crippen molar-refractivity contribution >= 4 is 17.7 Å². The number of nitrogens with one attached hydrogen (secondary N) is 1. The Hall–Kier alpha value is -1.81. The molecule has 0 aliphatic rings. The maximum Gasteiger partial charge on any atom is 0.224 e. The van der Waals surface area contributed by atoms with Gasteiger partial charge in [0.2, 0.25) is 5.91 Å². The van der Waals surface area contributed by atoms with Crippen LogP contribution >= 0.6 is 11.8 Å². The molecule has 1 N–H and O–H groups in total. The molecule has 1 aromatic heterocycles. The smallest absolute Gasteiger partial charge is 0.224 e. The summed E-state index contributed by atoms with van der Waals surface area (Å²) in [5.74, 6) is 0.0307. The van der Waals surface area contributed by atoms with Gasteiger partial charge >= 0.3 is 0 Å². The lowest BCUT2D eigenvalue weighted by atomic mass is 10.1. The van der Waals surface area contributed by atoms with Gasteiger partial charge in [-0.2, -0.15) is 0 Å². The number of hydrogen-bond acceptors (Lipinski definition) is 3. The topological polar surface area (TPSA) is 42.0 Å². The molecule has 2 aromatic rings. The largest absolute Gasteiger partial charge is 0.352 e. The SMILES string of the molecule is CC(C)Sc1ccc(CC(=O)NCc2cccnc2)cc1. The Balaban J connectivity index is 1.82. The summed E-state index contributed by atoms with van der Waals surface area (Å²) in [6, 6.07) is 12.0. The van der Waals surface area contributed by atoms with Crippen molar-refractivity contribution in [2.45, 2.75) is 37.0 Å². The number of carbonyl (C=O) groups excluding carboxylic acids is 1. The van der Waals surface area contributed by atoms with Gasteiger partial charge in [-0.15, -0.1) is 11.8 Å². The minimum absolute atomic E-state index is 0.0307. The van der Waals surface area contributed by atoms with Gasteiger partial charge in [0.05, 0.1) is 6.42 Å². The number of carbonyl (C=O) groups is 1. The molecule has 0 saturated carbocycles. The van der Waals surface area contributed by atoms with Gasteiger partial charge in [0.25, 0.3) is 0 Å². The molecule has 21 heavy (non-hydrogen) atoms. The fraction of sp³-hybridized carbons (Fsp3) is 0.294. The van der Waals surface area contributed by atoms with Crippen LogP contribution in [-0.2, 0) is 17.8 Å². The summed E-state index contributed by atoms with van der Waals surface area (Å²) in [6.07, 6.45) is 3.90. The minimum Gasteiger partial charge on any atom is -0.352 e. The first kappa shape index (κ1) is 15.6. The third-order valence-electron chi connectivity index (χ3n) is 2.87. The standard InChI is InChI=1S/C17H20N2OS/c1-13(2)21-16-7-5-14(6-8-16)10-17(20)19-12-15-4-3-9-18-11-15/h3-9,11,13H,10,12H2,1-2H3,(H,19,20). The molecule has 0 aliphatic heterocycles. The molecule has 110 valence electrons. The molecule has 0 spiro atoms. The Morgan fingerprint density at radius 2 is 1.95 bits per heavy atom. The van der Waals surface area contributed by atoms with Crippen molar-refractivity contribution in [3.63, 3.8) is 0 Å². The lowest BCUT2D eigenvalue weighted by Crippen LogP contribution is -2.24. The van der Waals surface area contributed by atoms with E-state index in [1.807, 2.05) is 36.0 Å². The Bertz CT molecular complexity index is 567. The van der Waals surface area contributed by atoms with Gasteiger partial charge in [0.15, 0.2) is 0 Å². The summed E-state index contributed by atoms with van der Waals surface area (Å²) in [6.45, 7) is 4.86. The van der Waals surface area contributed by atoms with E-state index in [0.717, 1.165) is 11.1 Å². The number of benzene rings is 1. The van der Waals surface area contributed by atoms with Crippen molar-refractivity contribution < 1.29 is 4.79 Å². The monoisotopic (exact) mass is 300 g/mol. The maximum atomic E-state index is 11.9. The van der Waals surface area contributed by atoms with Crippen molar-refractivity contribution in [3.8, 4) is 0 Å². The molecule has 0 unspecified atom stereocenters. The molecule has 0 atom stereocenters. The van der Waals surface area contributed by atoms with E-state index < -0.39 is 0 Å². The van der Waals surface area contributed by atoms with Crippen LogP contribution < -0.4 is 5.32 Å². The average molecular weight is 300 g/mol. The lowest BCUT2D eigenvalue weighted by molar-refractivity contribution is -0.120. The third kappa shape index (κ3) is 5.60. The van der Waals surface area contributed by atoms with Gasteiger partial charge in [-0.25, -0.2) is 0 Å². The van der Waals surface area contributed by atoms with Crippen LogP contribution in [0, 0.1) is 0 Å². The average Bonchev–Trinajstić information content (AvgIpc) is 2.48. The van der Waals surface area contributed by atoms with E-state index in [9.17, 15) is 4.79 Å². The molecule has 0 bridgehead atoms. The zero-order valence-corrected chi connectivity index (χ0v) is 13.2. The van der Waals surface area contributed by atoms with Crippen LogP contribution in [0.4, 0.5) is 0 Å². The van der Waals surface area contributed by atoms with E-state index in [1.165, 1.54) is 4.90 Å². The Morgan fingerprint density at radius 1 is 1.19 bits per heavy atom. The molecular weight excluding hydrogens is 280 g/mol. The van der Waals surface area contributed by atoms with Crippen molar-refractivity contribution in [2.75, 3.05) is 0 Å². The zero-order chi connectivity index (χ0) is 15.1. The maximum absolute atomic E-state index is 11.9. The van der Waals surface area contributed by atoms with E-state index in [0.29, 0.717) is 18.2 Å². The molecular formula is C17H20N2OS. The highest BCUT2D eigenvalue weighted by Gasteiger charge is 2.04. The predicted molar refractivity (Wildman–Crippen MR) is 87.2 cm³/mol. The van der Waals surface area contributed by atoms with E-state index in [1.54, 1.807) is 12.4 Å². The number of amides is 1. The van der Waals surface area contributed by atoms with E-state index >= 15 is 0 Å². The molecule has 3 nitrogen and oxygen atoms in total. The highest BCUT2D eigenvalue weighted by molar-refractivity contribution is 7.99. The predicted octanol–water partition coefficient (Wildman–Crippen LogP) is 3.44. The van der Waals surface area contributed by atoms with Gasteiger partial charge in [-0.1, -0.05) is 32.0 Å². The van der Waals surface area contributed by atoms with Crippen molar-refractivity contribution in [3.05, 3.63) is 59.9 Å². The highest BCUT2D eigenvalue weighted by Crippen LogP contribution is 2.22. The second-order valence-electron chi connectivity index (χ2n) is 5.13. The molecule has 0 radical (unpaired) electrons. The number of nitrogens with zero attached hydrogens (tertiary/aromatic N) is 1. The summed E-state index contributed by atoms with van der Waals surface area (Å²) < 4.78 is 0. The van der Waals surface area contributed by atoms with E-state index in [4.69, 9.17) is 0 Å². The van der Waals surface area contributed by atoms with Crippen molar-refractivity contribution in [1.82, 2.24) is 10.3 Å². The Morgan fingerprint density at radius 3 is 2.57 bits per heavy atom. The van der Waals surface area contributed by atoms with Crippen molar-refractivity contribution in [2.24, 2.45) is 0 Å². The first-order chi connectivity index (χ1) is 10.1. The highest BCUT2D eigenvalue weighted by atomic mass is 32.2. The summed E-state index contributed by atoms with van der Waals surface area (Å²) in [5.41, 5.74) is 2.04. The molecule has 0 aliphatic carbocycles. The van der Waals surface area contributed by atoms with E-state index in [2.05, 4.69) is 36.3 Å². The van der Waals surface area contributed by atoms with E-state index in [-0.39, 0.29) is 5.91 Å². The van der Waals surface area contributed by atoms with Crippen LogP contribution in [0.5, 0.6) is 0 Å². The van der Waals surface area contributed by atoms with Crippen LogP contribution in [0.1, 0.15) is 25.0 Å². The molecule has 4 heteroatoms. The number of thioether (sulfide) groups is 1. The van der Waals surface area contributed by atoms with Gasteiger partial charge < -0.3 is 5.32 Å². The van der Waals surface area contributed by atoms with Crippen LogP contribution in [0.3, 0.4) is 0 Å². The van der Waals surface area contributed by atoms with Crippen LogP contribution in [0.2, 0.25) is 0 Å². The molecule has 1 heterocycles. The fourth-order valence-electron chi connectivity index (χ4n) is 1.91. The van der Waals surface area contributed by atoms with Gasteiger partial charge in [-0.3, -0.25) is 9.78 Å². The number of aromatic nitrogens is 1. The molecule has 1 aromatic carbocycles. The number of hydrogen-bond donors (Lipinski definition) is 1. The second kappa shape index (κ2) is 7.84. The number of pyridine rings is 1.